The molecule has 1 aromatic heterocycles. The fourth-order valence-electron chi connectivity index (χ4n) is 4.84. The van der Waals surface area contributed by atoms with Crippen molar-refractivity contribution < 1.29 is 22.7 Å². The lowest BCUT2D eigenvalue weighted by atomic mass is 10.1. The summed E-state index contributed by atoms with van der Waals surface area (Å²) in [6.45, 7) is 1.66. The van der Waals surface area contributed by atoms with Crippen LogP contribution < -0.4 is 15.4 Å². The summed E-state index contributed by atoms with van der Waals surface area (Å²) in [4.78, 5) is 30.8. The van der Waals surface area contributed by atoms with Gasteiger partial charge in [0.25, 0.3) is 11.8 Å². The minimum Gasteiger partial charge on any atom is -0.492 e. The number of benzene rings is 3. The van der Waals surface area contributed by atoms with Crippen LogP contribution in [0.1, 0.15) is 38.4 Å². The van der Waals surface area contributed by atoms with Crippen molar-refractivity contribution in [2.75, 3.05) is 18.5 Å². The van der Waals surface area contributed by atoms with Crippen LogP contribution >= 0.6 is 23.1 Å². The summed E-state index contributed by atoms with van der Waals surface area (Å²) in [5, 5.41) is 6.28. The fraction of sp³-hybridized carbons (Fsp3) is 0.207. The van der Waals surface area contributed by atoms with Gasteiger partial charge in [-0.05, 0) is 79.2 Å². The third kappa shape index (κ3) is 5.58. The molecule has 210 valence electrons. The highest BCUT2D eigenvalue weighted by molar-refractivity contribution is 7.91. The Balaban J connectivity index is 1.10. The summed E-state index contributed by atoms with van der Waals surface area (Å²) < 4.78 is 34.1. The van der Waals surface area contributed by atoms with E-state index in [9.17, 15) is 18.0 Å². The molecule has 41 heavy (non-hydrogen) atoms. The molecule has 1 fully saturated rings. The first kappa shape index (κ1) is 27.4. The lowest BCUT2D eigenvalue weighted by Crippen LogP contribution is -2.26. The largest absolute Gasteiger partial charge is 0.492 e. The number of halogens is 1. The SMILES string of the molecule is O=C(NCc1cnc(-c2ccc(OC[C@H]3CCCN3Cl)cc2)s1)c1ccc2c(c1)NC(=O)c1ccccc1S2(=O)=O. The number of rotatable bonds is 7. The molecule has 2 aliphatic heterocycles. The van der Waals surface area contributed by atoms with Crippen LogP contribution in [0, 0.1) is 0 Å². The Kier molecular flexibility index (Phi) is 7.52. The van der Waals surface area contributed by atoms with Gasteiger partial charge in [-0.2, -0.15) is 0 Å². The van der Waals surface area contributed by atoms with E-state index in [0.717, 1.165) is 40.6 Å². The van der Waals surface area contributed by atoms with E-state index >= 15 is 0 Å². The number of sulfone groups is 1. The maximum atomic E-state index is 13.2. The van der Waals surface area contributed by atoms with Gasteiger partial charge in [0, 0.05) is 28.7 Å². The van der Waals surface area contributed by atoms with Crippen molar-refractivity contribution in [2.24, 2.45) is 0 Å². The van der Waals surface area contributed by atoms with Gasteiger partial charge in [-0.3, -0.25) is 9.59 Å². The van der Waals surface area contributed by atoms with Crippen molar-refractivity contribution in [3.05, 3.63) is 88.9 Å². The molecule has 3 heterocycles. The molecule has 0 saturated carbocycles. The minimum atomic E-state index is -3.94. The predicted molar refractivity (Wildman–Crippen MR) is 156 cm³/mol. The van der Waals surface area contributed by atoms with Gasteiger partial charge in [-0.15, -0.1) is 11.3 Å². The monoisotopic (exact) mass is 608 g/mol. The Morgan fingerprint density at radius 1 is 1.12 bits per heavy atom. The number of carbonyl (C=O) groups excluding carboxylic acids is 2. The molecule has 0 spiro atoms. The van der Waals surface area contributed by atoms with E-state index in [4.69, 9.17) is 16.5 Å². The topological polar surface area (TPSA) is 118 Å². The van der Waals surface area contributed by atoms with Gasteiger partial charge in [-0.1, -0.05) is 12.1 Å². The first-order valence-electron chi connectivity index (χ1n) is 13.0. The van der Waals surface area contributed by atoms with E-state index in [1.165, 1.54) is 41.7 Å². The Hall–Kier alpha value is -3.77. The molecule has 2 aliphatic rings. The summed E-state index contributed by atoms with van der Waals surface area (Å²) in [7, 11) is -3.94. The number of carbonyl (C=O) groups is 2. The number of aromatic nitrogens is 1. The summed E-state index contributed by atoms with van der Waals surface area (Å²) in [6, 6.07) is 18.1. The smallest absolute Gasteiger partial charge is 0.257 e. The van der Waals surface area contributed by atoms with Crippen LogP contribution in [0.4, 0.5) is 5.69 Å². The first-order chi connectivity index (χ1) is 19.8. The van der Waals surface area contributed by atoms with Gasteiger partial charge in [-0.25, -0.2) is 17.8 Å². The van der Waals surface area contributed by atoms with E-state index in [-0.39, 0.29) is 39.2 Å². The molecule has 2 amide bonds. The molecule has 4 aromatic rings. The third-order valence-corrected chi connectivity index (χ3v) is 10.4. The molecule has 2 N–H and O–H groups in total. The molecule has 0 unspecified atom stereocenters. The molecule has 12 heteroatoms. The van der Waals surface area contributed by atoms with Crippen molar-refractivity contribution in [2.45, 2.75) is 35.2 Å². The number of anilines is 1. The fourth-order valence-corrected chi connectivity index (χ4v) is 7.57. The molecule has 3 aromatic carbocycles. The highest BCUT2D eigenvalue weighted by atomic mass is 35.5. The molecule has 0 aliphatic carbocycles. The van der Waals surface area contributed by atoms with Crippen molar-refractivity contribution in [3.8, 4) is 16.3 Å². The molecule has 6 rings (SSSR count). The van der Waals surface area contributed by atoms with Crippen LogP contribution in [0.5, 0.6) is 5.75 Å². The van der Waals surface area contributed by atoms with Crippen LogP contribution in [-0.2, 0) is 16.4 Å². The highest BCUT2D eigenvalue weighted by Crippen LogP contribution is 2.34. The van der Waals surface area contributed by atoms with E-state index < -0.39 is 21.7 Å². The first-order valence-corrected chi connectivity index (χ1v) is 15.6. The number of ether oxygens (including phenoxy) is 1. The second-order valence-corrected chi connectivity index (χ2v) is 13.2. The van der Waals surface area contributed by atoms with Gasteiger partial charge in [0.1, 0.15) is 17.4 Å². The molecular formula is C29H25ClN4O5S2. The Labute approximate surface area is 246 Å². The predicted octanol–water partition coefficient (Wildman–Crippen LogP) is 5.14. The minimum absolute atomic E-state index is 0.0598. The van der Waals surface area contributed by atoms with Gasteiger partial charge < -0.3 is 15.4 Å². The molecule has 1 atom stereocenters. The zero-order chi connectivity index (χ0) is 28.6. The summed E-state index contributed by atoms with van der Waals surface area (Å²) >= 11 is 7.64. The van der Waals surface area contributed by atoms with Gasteiger partial charge in [0.05, 0.1) is 33.6 Å². The van der Waals surface area contributed by atoms with E-state index in [0.29, 0.717) is 6.61 Å². The number of hydrogen-bond donors (Lipinski definition) is 2. The molecule has 9 nitrogen and oxygen atoms in total. The average molecular weight is 609 g/mol. The van der Waals surface area contributed by atoms with E-state index in [1.807, 2.05) is 24.3 Å². The lowest BCUT2D eigenvalue weighted by molar-refractivity contribution is 0.0949. The molecular weight excluding hydrogens is 584 g/mol. The Morgan fingerprint density at radius 2 is 1.93 bits per heavy atom. The maximum absolute atomic E-state index is 13.2. The number of nitrogens with zero attached hydrogens (tertiary/aromatic N) is 2. The zero-order valence-corrected chi connectivity index (χ0v) is 24.1. The Morgan fingerprint density at radius 3 is 2.71 bits per heavy atom. The summed E-state index contributed by atoms with van der Waals surface area (Å²) in [5.41, 5.74) is 1.28. The second-order valence-electron chi connectivity index (χ2n) is 9.73. The number of thiazole rings is 1. The quantitative estimate of drug-likeness (QED) is 0.279. The number of amides is 2. The van der Waals surface area contributed by atoms with Crippen molar-refractivity contribution in [1.82, 2.24) is 14.7 Å². The van der Waals surface area contributed by atoms with Crippen molar-refractivity contribution in [1.29, 1.82) is 0 Å². The third-order valence-electron chi connectivity index (χ3n) is 7.03. The normalized spacial score (nSPS) is 17.7. The van der Waals surface area contributed by atoms with Crippen LogP contribution in [-0.4, -0.2) is 48.8 Å². The van der Waals surface area contributed by atoms with E-state index in [2.05, 4.69) is 15.6 Å². The maximum Gasteiger partial charge on any atom is 0.257 e. The van der Waals surface area contributed by atoms with Crippen LogP contribution in [0.25, 0.3) is 10.6 Å². The van der Waals surface area contributed by atoms with Crippen molar-refractivity contribution in [3.63, 3.8) is 0 Å². The zero-order valence-electron chi connectivity index (χ0n) is 21.7. The van der Waals surface area contributed by atoms with Gasteiger partial charge in [0.2, 0.25) is 9.84 Å². The average Bonchev–Trinajstić information content (AvgIpc) is 3.62. The molecule has 0 bridgehead atoms. The number of fused-ring (bicyclic) bond motifs is 2. The molecule has 1 saturated heterocycles. The molecule has 0 radical (unpaired) electrons. The summed E-state index contributed by atoms with van der Waals surface area (Å²) in [5.74, 6) is -0.188. The van der Waals surface area contributed by atoms with Gasteiger partial charge in [0.15, 0.2) is 0 Å². The standard InChI is InChI=1S/C29H25ClN4O5S2/c30-34-13-3-4-20(34)17-39-21-10-7-18(8-11-21)29-32-16-22(40-29)15-31-27(35)19-9-12-26-24(14-19)33-28(36)23-5-1-2-6-25(23)41(26,37)38/h1-2,5-12,14,16,20H,3-4,13,15,17H2,(H,31,35)(H,33,36)/t20-/m1/s1. The summed E-state index contributed by atoms with van der Waals surface area (Å²) in [6.07, 6.45) is 3.81. The van der Waals surface area contributed by atoms with Crippen LogP contribution in [0.15, 0.2) is 82.7 Å². The van der Waals surface area contributed by atoms with E-state index in [1.54, 1.807) is 22.7 Å². The lowest BCUT2D eigenvalue weighted by Gasteiger charge is -2.17. The second kappa shape index (κ2) is 11.2. The van der Waals surface area contributed by atoms with Crippen LogP contribution in [0.2, 0.25) is 0 Å². The number of nitrogens with one attached hydrogen (secondary N) is 2. The van der Waals surface area contributed by atoms with Gasteiger partial charge >= 0.3 is 0 Å². The number of hydrogen-bond acceptors (Lipinski definition) is 8. The van der Waals surface area contributed by atoms with Crippen molar-refractivity contribution >= 4 is 50.5 Å². The Bertz CT molecular complexity index is 1740. The van der Waals surface area contributed by atoms with Crippen LogP contribution in [0.3, 0.4) is 0 Å². The highest BCUT2D eigenvalue weighted by Gasteiger charge is 2.31.